The molecule has 4 N–H and O–H groups in total. The topological polar surface area (TPSA) is 86.0 Å². The minimum Gasteiger partial charge on any atom is -0.486 e. The highest BCUT2D eigenvalue weighted by Crippen LogP contribution is 2.30. The molecule has 0 radical (unpaired) electrons. The summed E-state index contributed by atoms with van der Waals surface area (Å²) in [7, 11) is 0. The number of rotatable bonds is 6. The van der Waals surface area contributed by atoms with Crippen molar-refractivity contribution in [3.8, 4) is 11.5 Å². The second-order valence-electron chi connectivity index (χ2n) is 4.14. The number of fused-ring (bicyclic) bond motifs is 1. The molecule has 6 heteroatoms. The van der Waals surface area contributed by atoms with Gasteiger partial charge in [-0.05, 0) is 12.1 Å². The molecule has 0 saturated carbocycles. The lowest BCUT2D eigenvalue weighted by molar-refractivity contribution is 0.0332. The van der Waals surface area contributed by atoms with Gasteiger partial charge in [0.2, 0.25) is 0 Å². The summed E-state index contributed by atoms with van der Waals surface area (Å²) >= 11 is 0. The fraction of sp³-hybridized carbons (Fsp3) is 0.500. The quantitative estimate of drug-likeness (QED) is 0.603. The third-order valence-corrected chi connectivity index (χ3v) is 2.61. The van der Waals surface area contributed by atoms with Gasteiger partial charge in [0.1, 0.15) is 12.7 Å². The number of nitrogens with one attached hydrogen (secondary N) is 1. The summed E-state index contributed by atoms with van der Waals surface area (Å²) in [6.07, 6.45) is -0.683. The van der Waals surface area contributed by atoms with E-state index in [1.165, 1.54) is 0 Å². The molecule has 0 saturated heterocycles. The van der Waals surface area contributed by atoms with Crippen LogP contribution < -0.4 is 20.7 Å². The lowest BCUT2D eigenvalue weighted by Gasteiger charge is -2.26. The Bertz CT molecular complexity index is 375. The highest BCUT2D eigenvalue weighted by Gasteiger charge is 2.20. The zero-order valence-corrected chi connectivity index (χ0v) is 10.0. The molecular weight excluding hydrogens is 236 g/mol. The number of aliphatic hydroxyl groups is 1. The summed E-state index contributed by atoms with van der Waals surface area (Å²) in [5.41, 5.74) is 0. The van der Waals surface area contributed by atoms with Crippen molar-refractivity contribution in [1.82, 2.24) is 5.32 Å². The Balaban J connectivity index is 1.73. The lowest BCUT2D eigenvalue weighted by atomic mass is 10.2. The van der Waals surface area contributed by atoms with Gasteiger partial charge in [0.15, 0.2) is 11.5 Å². The third kappa shape index (κ3) is 3.58. The number of para-hydroxylation sites is 2. The van der Waals surface area contributed by atoms with E-state index in [2.05, 4.69) is 10.2 Å². The zero-order chi connectivity index (χ0) is 12.8. The maximum Gasteiger partial charge on any atom is 0.161 e. The number of nitrogens with two attached hydrogens (primary N) is 1. The fourth-order valence-electron chi connectivity index (χ4n) is 1.74. The largest absolute Gasteiger partial charge is 0.486 e. The Morgan fingerprint density at radius 2 is 2.22 bits per heavy atom. The molecule has 6 nitrogen and oxygen atoms in total. The smallest absolute Gasteiger partial charge is 0.161 e. The maximum absolute atomic E-state index is 9.40. The summed E-state index contributed by atoms with van der Waals surface area (Å²) in [5, 5.41) is 12.5. The van der Waals surface area contributed by atoms with Crippen LogP contribution in [-0.2, 0) is 4.84 Å². The number of aliphatic hydroxyl groups excluding tert-OH is 1. The summed E-state index contributed by atoms with van der Waals surface area (Å²) in [4.78, 5) is 4.35. The van der Waals surface area contributed by atoms with Crippen LogP contribution >= 0.6 is 0 Å². The van der Waals surface area contributed by atoms with E-state index in [-0.39, 0.29) is 12.7 Å². The van der Waals surface area contributed by atoms with Crippen LogP contribution in [0, 0.1) is 0 Å². The third-order valence-electron chi connectivity index (χ3n) is 2.61. The van der Waals surface area contributed by atoms with Crippen molar-refractivity contribution in [1.29, 1.82) is 0 Å². The summed E-state index contributed by atoms with van der Waals surface area (Å²) in [5.74, 6) is 6.38. The van der Waals surface area contributed by atoms with Crippen molar-refractivity contribution < 1.29 is 19.4 Å². The summed E-state index contributed by atoms with van der Waals surface area (Å²) < 4.78 is 11.3. The number of hydrogen-bond acceptors (Lipinski definition) is 6. The Labute approximate surface area is 106 Å². The van der Waals surface area contributed by atoms with Gasteiger partial charge in [0.05, 0.1) is 12.7 Å². The molecule has 1 aliphatic rings. The van der Waals surface area contributed by atoms with E-state index in [1.54, 1.807) is 0 Å². The monoisotopic (exact) mass is 254 g/mol. The van der Waals surface area contributed by atoms with Crippen LogP contribution in [-0.4, -0.2) is 43.6 Å². The van der Waals surface area contributed by atoms with Crippen LogP contribution in [0.15, 0.2) is 24.3 Å². The molecule has 2 atom stereocenters. The molecule has 2 unspecified atom stereocenters. The molecule has 0 aromatic heterocycles. The van der Waals surface area contributed by atoms with Gasteiger partial charge in [-0.1, -0.05) is 12.1 Å². The molecule has 2 rings (SSSR count). The molecule has 1 aromatic carbocycles. The van der Waals surface area contributed by atoms with Crippen molar-refractivity contribution in [2.45, 2.75) is 12.2 Å². The van der Waals surface area contributed by atoms with Crippen molar-refractivity contribution in [3.05, 3.63) is 24.3 Å². The molecule has 0 spiro atoms. The molecular formula is C12H18N2O4. The van der Waals surface area contributed by atoms with Crippen molar-refractivity contribution >= 4 is 0 Å². The highest BCUT2D eigenvalue weighted by molar-refractivity contribution is 5.40. The van der Waals surface area contributed by atoms with E-state index in [0.717, 1.165) is 11.5 Å². The molecule has 0 bridgehead atoms. The van der Waals surface area contributed by atoms with E-state index < -0.39 is 6.10 Å². The van der Waals surface area contributed by atoms with E-state index in [4.69, 9.17) is 15.4 Å². The van der Waals surface area contributed by atoms with E-state index >= 15 is 0 Å². The van der Waals surface area contributed by atoms with Crippen LogP contribution in [0.5, 0.6) is 11.5 Å². The molecule has 1 aromatic rings. The Morgan fingerprint density at radius 1 is 1.44 bits per heavy atom. The second kappa shape index (κ2) is 6.55. The predicted molar refractivity (Wildman–Crippen MR) is 65.4 cm³/mol. The van der Waals surface area contributed by atoms with Crippen molar-refractivity contribution in [2.75, 3.05) is 26.3 Å². The van der Waals surface area contributed by atoms with E-state index in [9.17, 15) is 5.11 Å². The van der Waals surface area contributed by atoms with Crippen molar-refractivity contribution in [3.63, 3.8) is 0 Å². The van der Waals surface area contributed by atoms with Crippen LogP contribution in [0.2, 0.25) is 0 Å². The predicted octanol–water partition coefficient (Wildman–Crippen LogP) is -0.333. The van der Waals surface area contributed by atoms with Gasteiger partial charge in [0, 0.05) is 13.1 Å². The van der Waals surface area contributed by atoms with Gasteiger partial charge >= 0.3 is 0 Å². The summed E-state index contributed by atoms with van der Waals surface area (Å²) in [6.45, 7) is 1.60. The first-order valence-electron chi connectivity index (χ1n) is 5.88. The van der Waals surface area contributed by atoms with E-state index in [0.29, 0.717) is 19.7 Å². The fourth-order valence-corrected chi connectivity index (χ4v) is 1.74. The van der Waals surface area contributed by atoms with Crippen LogP contribution in [0.3, 0.4) is 0 Å². The Morgan fingerprint density at radius 3 is 3.00 bits per heavy atom. The van der Waals surface area contributed by atoms with Gasteiger partial charge in [-0.2, -0.15) is 0 Å². The summed E-state index contributed by atoms with van der Waals surface area (Å²) in [6, 6.07) is 7.56. The van der Waals surface area contributed by atoms with Crippen LogP contribution in [0.25, 0.3) is 0 Å². The Kier molecular flexibility index (Phi) is 4.77. The molecule has 0 fully saturated rings. The number of ether oxygens (including phenoxy) is 2. The lowest BCUT2D eigenvalue weighted by Crippen LogP contribution is -2.41. The van der Waals surface area contributed by atoms with Gasteiger partial charge in [-0.15, -0.1) is 0 Å². The van der Waals surface area contributed by atoms with E-state index in [1.807, 2.05) is 24.3 Å². The normalized spacial score (nSPS) is 19.6. The minimum atomic E-state index is -0.619. The van der Waals surface area contributed by atoms with Crippen LogP contribution in [0.4, 0.5) is 0 Å². The zero-order valence-electron chi connectivity index (χ0n) is 10.0. The molecule has 18 heavy (non-hydrogen) atoms. The average Bonchev–Trinajstić information content (AvgIpc) is 2.39. The SMILES string of the molecule is NOCC(O)CNCC1COc2ccccc2O1. The molecule has 0 aliphatic carbocycles. The highest BCUT2D eigenvalue weighted by atomic mass is 16.6. The molecule has 0 amide bonds. The van der Waals surface area contributed by atoms with Gasteiger partial charge in [0.25, 0.3) is 0 Å². The molecule has 100 valence electrons. The van der Waals surface area contributed by atoms with Gasteiger partial charge in [-0.3, -0.25) is 0 Å². The first-order valence-corrected chi connectivity index (χ1v) is 5.88. The van der Waals surface area contributed by atoms with Crippen molar-refractivity contribution in [2.24, 2.45) is 5.90 Å². The van der Waals surface area contributed by atoms with Gasteiger partial charge < -0.3 is 24.7 Å². The second-order valence-corrected chi connectivity index (χ2v) is 4.14. The number of hydrogen-bond donors (Lipinski definition) is 3. The first kappa shape index (κ1) is 13.1. The number of benzene rings is 1. The maximum atomic E-state index is 9.40. The minimum absolute atomic E-state index is 0.0640. The standard InChI is InChI=1S/C12H18N2O4/c13-17-7-9(15)5-14-6-10-8-16-11-3-1-2-4-12(11)18-10/h1-4,9-10,14-15H,5-8,13H2. The van der Waals surface area contributed by atoms with Gasteiger partial charge in [-0.25, -0.2) is 5.90 Å². The molecule has 1 heterocycles. The Hall–Kier alpha value is -1.34. The average molecular weight is 254 g/mol. The molecule has 1 aliphatic heterocycles. The van der Waals surface area contributed by atoms with Crippen LogP contribution in [0.1, 0.15) is 0 Å². The first-order chi connectivity index (χ1) is 8.79.